The molecule has 1 heterocycles. The summed E-state index contributed by atoms with van der Waals surface area (Å²) >= 11 is 0. The molecule has 0 bridgehead atoms. The predicted octanol–water partition coefficient (Wildman–Crippen LogP) is 3.79. The third kappa shape index (κ3) is 5.92. The molecule has 0 radical (unpaired) electrons. The highest BCUT2D eigenvalue weighted by Crippen LogP contribution is 2.27. The molecule has 0 aromatic heterocycles. The summed E-state index contributed by atoms with van der Waals surface area (Å²) < 4.78 is 0. The second kappa shape index (κ2) is 11.0. The molecule has 2 aromatic rings. The number of nitrogens with zero attached hydrogens (tertiary/aromatic N) is 3. The van der Waals surface area contributed by atoms with Crippen LogP contribution in [0.3, 0.4) is 0 Å². The van der Waals surface area contributed by atoms with Crippen molar-refractivity contribution in [3.63, 3.8) is 0 Å². The molecular formula is C26H34N4O3. The minimum Gasteiger partial charge on any atom is -0.369 e. The molecule has 3 amide bonds. The Morgan fingerprint density at radius 1 is 0.939 bits per heavy atom. The number of carbonyl (C=O) groups excluding carboxylic acids is 3. The molecule has 1 aliphatic heterocycles. The first-order valence-electron chi connectivity index (χ1n) is 11.7. The lowest BCUT2D eigenvalue weighted by Gasteiger charge is -2.28. The topological polar surface area (TPSA) is 73.0 Å². The molecule has 1 saturated heterocycles. The van der Waals surface area contributed by atoms with Gasteiger partial charge in [-0.3, -0.25) is 14.4 Å². The monoisotopic (exact) mass is 450 g/mol. The fourth-order valence-electron chi connectivity index (χ4n) is 4.19. The Bertz CT molecular complexity index is 999. The molecule has 33 heavy (non-hydrogen) atoms. The Labute approximate surface area is 196 Å². The Hall–Kier alpha value is -3.35. The fraction of sp³-hybridized carbons (Fsp3) is 0.423. The SMILES string of the molecule is CCN(CC)C(=O)c1cc(NC(C)=O)ccc1N1CCCN(C(=O)c2ccc(C)cc2)CC1. The molecule has 176 valence electrons. The number of aryl methyl sites for hydroxylation is 1. The van der Waals surface area contributed by atoms with Crippen LogP contribution in [0.1, 0.15) is 53.5 Å². The van der Waals surface area contributed by atoms with Gasteiger partial charge in [0.25, 0.3) is 11.8 Å². The first kappa shape index (κ1) is 24.3. The van der Waals surface area contributed by atoms with Crippen molar-refractivity contribution in [2.45, 2.75) is 34.1 Å². The van der Waals surface area contributed by atoms with Crippen LogP contribution in [0.4, 0.5) is 11.4 Å². The molecule has 1 fully saturated rings. The molecular weight excluding hydrogens is 416 g/mol. The van der Waals surface area contributed by atoms with Gasteiger partial charge in [-0.2, -0.15) is 0 Å². The zero-order valence-corrected chi connectivity index (χ0v) is 20.1. The van der Waals surface area contributed by atoms with E-state index in [-0.39, 0.29) is 17.7 Å². The second-order valence-corrected chi connectivity index (χ2v) is 8.39. The van der Waals surface area contributed by atoms with Gasteiger partial charge in [-0.25, -0.2) is 0 Å². The molecule has 3 rings (SSSR count). The molecule has 0 aliphatic carbocycles. The average molecular weight is 451 g/mol. The summed E-state index contributed by atoms with van der Waals surface area (Å²) in [4.78, 5) is 43.7. The quantitative estimate of drug-likeness (QED) is 0.727. The fourth-order valence-corrected chi connectivity index (χ4v) is 4.19. The van der Waals surface area contributed by atoms with Gasteiger partial charge in [-0.1, -0.05) is 17.7 Å². The number of hydrogen-bond donors (Lipinski definition) is 1. The van der Waals surface area contributed by atoms with Gasteiger partial charge in [0.05, 0.1) is 5.56 Å². The molecule has 7 nitrogen and oxygen atoms in total. The minimum atomic E-state index is -0.177. The van der Waals surface area contributed by atoms with E-state index in [1.54, 1.807) is 11.0 Å². The van der Waals surface area contributed by atoms with E-state index in [4.69, 9.17) is 0 Å². The Kier molecular flexibility index (Phi) is 8.09. The van der Waals surface area contributed by atoms with Crippen molar-refractivity contribution in [3.8, 4) is 0 Å². The van der Waals surface area contributed by atoms with Crippen molar-refractivity contribution >= 4 is 29.1 Å². The smallest absolute Gasteiger partial charge is 0.256 e. The number of anilines is 2. The van der Waals surface area contributed by atoms with Gasteiger partial charge >= 0.3 is 0 Å². The van der Waals surface area contributed by atoms with Crippen LogP contribution in [0.15, 0.2) is 42.5 Å². The third-order valence-corrected chi connectivity index (χ3v) is 6.02. The van der Waals surface area contributed by atoms with E-state index in [9.17, 15) is 14.4 Å². The van der Waals surface area contributed by atoms with E-state index >= 15 is 0 Å². The number of benzene rings is 2. The van der Waals surface area contributed by atoms with Crippen molar-refractivity contribution in [2.75, 3.05) is 49.5 Å². The van der Waals surface area contributed by atoms with Crippen LogP contribution in [0.25, 0.3) is 0 Å². The van der Waals surface area contributed by atoms with Crippen molar-refractivity contribution in [3.05, 3.63) is 59.2 Å². The molecule has 2 aromatic carbocycles. The van der Waals surface area contributed by atoms with E-state index in [0.717, 1.165) is 24.2 Å². The Balaban J connectivity index is 1.84. The predicted molar refractivity (Wildman–Crippen MR) is 132 cm³/mol. The maximum atomic E-state index is 13.3. The zero-order chi connectivity index (χ0) is 24.0. The summed E-state index contributed by atoms with van der Waals surface area (Å²) in [5.41, 5.74) is 3.84. The number of carbonyl (C=O) groups is 3. The van der Waals surface area contributed by atoms with Crippen LogP contribution in [0.2, 0.25) is 0 Å². The summed E-state index contributed by atoms with van der Waals surface area (Å²) in [6.45, 7) is 11.2. The summed E-state index contributed by atoms with van der Waals surface area (Å²) in [7, 11) is 0. The number of amides is 3. The van der Waals surface area contributed by atoms with Crippen LogP contribution < -0.4 is 10.2 Å². The van der Waals surface area contributed by atoms with Gasteiger partial charge in [0.1, 0.15) is 0 Å². The van der Waals surface area contributed by atoms with Crippen LogP contribution in [-0.2, 0) is 4.79 Å². The summed E-state index contributed by atoms with van der Waals surface area (Å²) in [6, 6.07) is 13.2. The zero-order valence-electron chi connectivity index (χ0n) is 20.1. The Morgan fingerprint density at radius 2 is 1.64 bits per heavy atom. The van der Waals surface area contributed by atoms with E-state index in [0.29, 0.717) is 49.5 Å². The van der Waals surface area contributed by atoms with Crippen molar-refractivity contribution in [1.29, 1.82) is 0 Å². The van der Waals surface area contributed by atoms with E-state index in [2.05, 4.69) is 10.2 Å². The number of rotatable bonds is 6. The number of nitrogens with one attached hydrogen (secondary N) is 1. The molecule has 0 atom stereocenters. The lowest BCUT2D eigenvalue weighted by Crippen LogP contribution is -2.36. The molecule has 0 spiro atoms. The third-order valence-electron chi connectivity index (χ3n) is 6.02. The van der Waals surface area contributed by atoms with Gasteiger partial charge in [0.2, 0.25) is 5.91 Å². The minimum absolute atomic E-state index is 0.0392. The molecule has 0 saturated carbocycles. The van der Waals surface area contributed by atoms with Crippen LogP contribution in [0.5, 0.6) is 0 Å². The lowest BCUT2D eigenvalue weighted by atomic mass is 10.1. The molecule has 0 unspecified atom stereocenters. The van der Waals surface area contributed by atoms with Crippen LogP contribution in [0, 0.1) is 6.92 Å². The Morgan fingerprint density at radius 3 is 2.27 bits per heavy atom. The van der Waals surface area contributed by atoms with E-state index in [1.807, 2.05) is 62.1 Å². The first-order chi connectivity index (χ1) is 15.8. The highest BCUT2D eigenvalue weighted by Gasteiger charge is 2.25. The van der Waals surface area contributed by atoms with Gasteiger partial charge in [-0.15, -0.1) is 0 Å². The summed E-state index contributed by atoms with van der Waals surface area (Å²) in [5, 5.41) is 2.78. The molecule has 1 N–H and O–H groups in total. The molecule has 1 aliphatic rings. The van der Waals surface area contributed by atoms with Gasteiger partial charge < -0.3 is 20.0 Å². The second-order valence-electron chi connectivity index (χ2n) is 8.39. The van der Waals surface area contributed by atoms with Crippen molar-refractivity contribution in [1.82, 2.24) is 9.80 Å². The number of hydrogen-bond acceptors (Lipinski definition) is 4. The van der Waals surface area contributed by atoms with E-state index in [1.165, 1.54) is 6.92 Å². The van der Waals surface area contributed by atoms with E-state index < -0.39 is 0 Å². The summed E-state index contributed by atoms with van der Waals surface area (Å²) in [5.74, 6) is -0.194. The van der Waals surface area contributed by atoms with Crippen LogP contribution in [-0.4, -0.2) is 66.8 Å². The van der Waals surface area contributed by atoms with Gasteiger partial charge in [0.15, 0.2) is 0 Å². The largest absolute Gasteiger partial charge is 0.369 e. The molecule has 7 heteroatoms. The standard InChI is InChI=1S/C26H34N4O3/c1-5-28(6-2)26(33)23-18-22(27-20(4)31)12-13-24(23)29-14-7-15-30(17-16-29)25(32)21-10-8-19(3)9-11-21/h8-13,18H,5-7,14-17H2,1-4H3,(H,27,31). The maximum absolute atomic E-state index is 13.3. The normalized spacial score (nSPS) is 13.9. The summed E-state index contributed by atoms with van der Waals surface area (Å²) in [6.07, 6.45) is 0.809. The maximum Gasteiger partial charge on any atom is 0.256 e. The highest BCUT2D eigenvalue weighted by atomic mass is 16.2. The lowest BCUT2D eigenvalue weighted by molar-refractivity contribution is -0.114. The first-order valence-corrected chi connectivity index (χ1v) is 11.7. The van der Waals surface area contributed by atoms with Crippen LogP contribution >= 0.6 is 0 Å². The van der Waals surface area contributed by atoms with Gasteiger partial charge in [-0.05, 0) is 57.5 Å². The van der Waals surface area contributed by atoms with Gasteiger partial charge in [0, 0.05) is 63.1 Å². The van der Waals surface area contributed by atoms with Crippen molar-refractivity contribution in [2.24, 2.45) is 0 Å². The highest BCUT2D eigenvalue weighted by molar-refractivity contribution is 6.02. The van der Waals surface area contributed by atoms with Crippen molar-refractivity contribution < 1.29 is 14.4 Å². The average Bonchev–Trinajstić information content (AvgIpc) is 3.05.